The van der Waals surface area contributed by atoms with Crippen LogP contribution < -0.4 is 28.4 Å². The molecule has 0 amide bonds. The molecule has 0 N–H and O–H groups in total. The standard InChI is InChI=1S/C75H78N6O9/c1-7-58-61(49-88-73-19-13-10-16-70(73)85-37-34-82-46-55-25-31-67(79-43-55)64-28-22-52(4)40-76-64)59(8-2)63(51-90-75-21-15-12-18-72(75)87-39-36-84-48-57-27-33-69(81-45-57)66-30-24-54(6)42-78-66)60(9-3)62(58)50-89-74-20-14-11-17-71(74)86-38-35-83-47-56-26-32-68(80-44-56)65-29-23-53(5)41-77-65/h10-33,40-45H,7-9,34-39,46-51H2,1-6H3. The molecule has 10 rings (SSSR count). The number of rotatable bonds is 33. The van der Waals surface area contributed by atoms with E-state index in [0.717, 1.165) is 103 Å². The Hall–Kier alpha value is -9.54. The zero-order valence-corrected chi connectivity index (χ0v) is 52.3. The van der Waals surface area contributed by atoms with Crippen LogP contribution in [0.5, 0.6) is 34.5 Å². The number of aromatic nitrogens is 6. The van der Waals surface area contributed by atoms with Crippen LogP contribution in [0, 0.1) is 20.8 Å². The Morgan fingerprint density at radius 1 is 0.244 bits per heavy atom. The summed E-state index contributed by atoms with van der Waals surface area (Å²) in [6, 6.07) is 47.3. The number of ether oxygens (including phenoxy) is 9. The zero-order chi connectivity index (χ0) is 62.3. The van der Waals surface area contributed by atoms with Gasteiger partial charge in [-0.2, -0.15) is 0 Å². The van der Waals surface area contributed by atoms with E-state index in [-0.39, 0.29) is 19.8 Å². The van der Waals surface area contributed by atoms with Crippen molar-refractivity contribution in [3.05, 3.63) is 250 Å². The number of benzene rings is 4. The van der Waals surface area contributed by atoms with Crippen molar-refractivity contribution in [1.29, 1.82) is 0 Å². The van der Waals surface area contributed by atoms with Gasteiger partial charge in [0.05, 0.1) is 73.8 Å². The fourth-order valence-corrected chi connectivity index (χ4v) is 10.5. The van der Waals surface area contributed by atoms with Crippen LogP contribution in [0.25, 0.3) is 34.2 Å². The lowest BCUT2D eigenvalue weighted by Gasteiger charge is -2.27. The fraction of sp³-hybridized carbons (Fsp3) is 0.280. The summed E-state index contributed by atoms with van der Waals surface area (Å²) in [4.78, 5) is 27.4. The van der Waals surface area contributed by atoms with Gasteiger partial charge < -0.3 is 42.6 Å². The molecule has 15 nitrogen and oxygen atoms in total. The van der Waals surface area contributed by atoms with Gasteiger partial charge >= 0.3 is 0 Å². The zero-order valence-electron chi connectivity index (χ0n) is 52.3. The van der Waals surface area contributed by atoms with Gasteiger partial charge in [-0.25, -0.2) is 0 Å². The van der Waals surface area contributed by atoms with Crippen molar-refractivity contribution < 1.29 is 42.6 Å². The first-order valence-corrected chi connectivity index (χ1v) is 30.8. The van der Waals surface area contributed by atoms with Gasteiger partial charge in [-0.15, -0.1) is 0 Å². The maximum atomic E-state index is 6.84. The van der Waals surface area contributed by atoms with Gasteiger partial charge in [-0.05, 0) is 180 Å². The molecule has 15 heteroatoms. The van der Waals surface area contributed by atoms with Gasteiger partial charge in [0.15, 0.2) is 34.5 Å². The van der Waals surface area contributed by atoms with Crippen LogP contribution in [-0.2, 0) is 73.1 Å². The maximum Gasteiger partial charge on any atom is 0.161 e. The highest BCUT2D eigenvalue weighted by Gasteiger charge is 2.24. The molecule has 0 fully saturated rings. The number of hydrogen-bond donors (Lipinski definition) is 0. The summed E-state index contributed by atoms with van der Waals surface area (Å²) in [5.74, 6) is 3.75. The van der Waals surface area contributed by atoms with Gasteiger partial charge in [-0.3, -0.25) is 29.9 Å². The van der Waals surface area contributed by atoms with Crippen molar-refractivity contribution in [3.8, 4) is 68.7 Å². The lowest BCUT2D eigenvalue weighted by atomic mass is 9.84. The number of aryl methyl sites for hydroxylation is 3. The molecule has 0 saturated heterocycles. The largest absolute Gasteiger partial charge is 0.487 e. The summed E-state index contributed by atoms with van der Waals surface area (Å²) in [5, 5.41) is 0. The highest BCUT2D eigenvalue weighted by atomic mass is 16.6. The van der Waals surface area contributed by atoms with Crippen LogP contribution in [0.3, 0.4) is 0 Å². The fourth-order valence-electron chi connectivity index (χ4n) is 10.5. The predicted molar refractivity (Wildman–Crippen MR) is 349 cm³/mol. The van der Waals surface area contributed by atoms with Gasteiger partial charge in [0, 0.05) is 37.2 Å². The van der Waals surface area contributed by atoms with Crippen molar-refractivity contribution in [1.82, 2.24) is 29.9 Å². The topological polar surface area (TPSA) is 160 Å². The Morgan fingerprint density at radius 2 is 0.489 bits per heavy atom. The molecule has 0 aliphatic rings. The first-order valence-electron chi connectivity index (χ1n) is 30.8. The van der Waals surface area contributed by atoms with E-state index in [9.17, 15) is 0 Å². The minimum Gasteiger partial charge on any atom is -0.487 e. The van der Waals surface area contributed by atoms with Crippen LogP contribution in [0.2, 0.25) is 0 Å². The molecule has 4 aromatic carbocycles. The molecule has 0 aliphatic heterocycles. The molecule has 0 spiro atoms. The number of hydrogen-bond acceptors (Lipinski definition) is 15. The van der Waals surface area contributed by atoms with Crippen molar-refractivity contribution in [2.24, 2.45) is 0 Å². The van der Waals surface area contributed by atoms with Gasteiger partial charge in [-0.1, -0.05) is 93.6 Å². The molecule has 6 heterocycles. The van der Waals surface area contributed by atoms with E-state index in [1.165, 1.54) is 16.7 Å². The minimum absolute atomic E-state index is 0.280. The Kier molecular flexibility index (Phi) is 23.0. The van der Waals surface area contributed by atoms with E-state index in [1.54, 1.807) is 0 Å². The molecule has 0 bridgehead atoms. The normalized spacial score (nSPS) is 11.1. The second-order valence-electron chi connectivity index (χ2n) is 21.7. The lowest BCUT2D eigenvalue weighted by molar-refractivity contribution is 0.0873. The lowest BCUT2D eigenvalue weighted by Crippen LogP contribution is -2.18. The van der Waals surface area contributed by atoms with Crippen LogP contribution in [0.4, 0.5) is 0 Å². The van der Waals surface area contributed by atoms with E-state index < -0.39 is 0 Å². The predicted octanol–water partition coefficient (Wildman–Crippen LogP) is 15.2. The third-order valence-electron chi connectivity index (χ3n) is 15.2. The van der Waals surface area contributed by atoms with Crippen molar-refractivity contribution in [2.75, 3.05) is 39.6 Å². The van der Waals surface area contributed by atoms with Crippen molar-refractivity contribution in [3.63, 3.8) is 0 Å². The van der Waals surface area contributed by atoms with E-state index >= 15 is 0 Å². The van der Waals surface area contributed by atoms with Crippen LogP contribution in [-0.4, -0.2) is 69.5 Å². The molecule has 0 atom stereocenters. The van der Waals surface area contributed by atoms with Crippen LogP contribution in [0.1, 0.15) is 87.5 Å². The summed E-state index contributed by atoms with van der Waals surface area (Å²) in [6.45, 7) is 16.7. The number of pyridine rings is 6. The molecule has 0 radical (unpaired) electrons. The third kappa shape index (κ3) is 17.4. The molecule has 0 aliphatic carbocycles. The molecule has 10 aromatic rings. The van der Waals surface area contributed by atoms with E-state index in [1.807, 2.05) is 204 Å². The molecular formula is C75H78N6O9. The highest BCUT2D eigenvalue weighted by molar-refractivity contribution is 5.57. The second-order valence-corrected chi connectivity index (χ2v) is 21.7. The summed E-state index contributed by atoms with van der Waals surface area (Å²) in [6.07, 6.45) is 13.2. The second kappa shape index (κ2) is 32.6. The Bertz CT molecular complexity index is 3430. The SMILES string of the molecule is CCc1c(COc2ccccc2OCCOCc2ccc(-c3ccc(C)cn3)nc2)c(CC)c(COc2ccccc2OCCOCc2ccc(-c3ccc(C)cn3)nc2)c(CC)c1COc1ccccc1OCCOCc1ccc(-c2ccc(C)cn2)nc1. The van der Waals surface area contributed by atoms with E-state index in [2.05, 4.69) is 50.7 Å². The Morgan fingerprint density at radius 3 is 0.711 bits per heavy atom. The minimum atomic E-state index is 0.280. The van der Waals surface area contributed by atoms with Crippen LogP contribution in [0.15, 0.2) is 183 Å². The summed E-state index contributed by atoms with van der Waals surface area (Å²) in [5.41, 5.74) is 17.9. The molecule has 90 heavy (non-hydrogen) atoms. The highest BCUT2D eigenvalue weighted by Crippen LogP contribution is 2.37. The van der Waals surface area contributed by atoms with Crippen LogP contribution >= 0.6 is 0 Å². The molecule has 0 unspecified atom stereocenters. The molecular weight excluding hydrogens is 1130 g/mol. The van der Waals surface area contributed by atoms with Crippen molar-refractivity contribution in [2.45, 2.75) is 100 Å². The summed E-state index contributed by atoms with van der Waals surface area (Å²) >= 11 is 0. The maximum absolute atomic E-state index is 6.84. The first kappa shape index (κ1) is 63.5. The van der Waals surface area contributed by atoms with Gasteiger partial charge in [0.1, 0.15) is 39.6 Å². The average Bonchev–Trinajstić information content (AvgIpc) is 0.803. The van der Waals surface area contributed by atoms with Crippen molar-refractivity contribution >= 4 is 0 Å². The smallest absolute Gasteiger partial charge is 0.161 e. The number of nitrogens with zero attached hydrogens (tertiary/aromatic N) is 6. The Balaban J connectivity index is 0.816. The van der Waals surface area contributed by atoms with E-state index in [4.69, 9.17) is 42.6 Å². The Labute approximate surface area is 528 Å². The monoisotopic (exact) mass is 1210 g/mol. The summed E-state index contributed by atoms with van der Waals surface area (Å²) < 4.78 is 57.7. The van der Waals surface area contributed by atoms with Gasteiger partial charge in [0.2, 0.25) is 0 Å². The van der Waals surface area contributed by atoms with E-state index in [0.29, 0.717) is 94.0 Å². The summed E-state index contributed by atoms with van der Waals surface area (Å²) in [7, 11) is 0. The average molecular weight is 1210 g/mol. The molecule has 6 aromatic heterocycles. The first-order chi connectivity index (χ1) is 44.2. The molecule has 0 saturated carbocycles. The number of para-hydroxylation sites is 6. The van der Waals surface area contributed by atoms with Gasteiger partial charge in [0.25, 0.3) is 0 Å². The third-order valence-corrected chi connectivity index (χ3v) is 15.2. The molecule has 462 valence electrons. The quantitative estimate of drug-likeness (QED) is 0.0357.